The van der Waals surface area contributed by atoms with E-state index in [-0.39, 0.29) is 0 Å². The molecule has 1 rings (SSSR count). The van der Waals surface area contributed by atoms with Gasteiger partial charge in [0, 0.05) is 36.0 Å². The van der Waals surface area contributed by atoms with Crippen LogP contribution in [0.3, 0.4) is 0 Å². The second-order valence-electron chi connectivity index (χ2n) is 2.26. The van der Waals surface area contributed by atoms with Crippen molar-refractivity contribution >= 4 is 22.9 Å². The summed E-state index contributed by atoms with van der Waals surface area (Å²) >= 11 is 2.38. The van der Waals surface area contributed by atoms with Gasteiger partial charge in [0.1, 0.15) is 0 Å². The normalized spacial score (nSPS) is 34.3. The molecule has 42 valence electrons. The van der Waals surface area contributed by atoms with Gasteiger partial charge < -0.3 is 0 Å². The summed E-state index contributed by atoms with van der Waals surface area (Å²) < 4.78 is 2.35. The van der Waals surface area contributed by atoms with Gasteiger partial charge in [-0.25, -0.2) is 3.11 Å². The van der Waals surface area contributed by atoms with Crippen LogP contribution in [0.25, 0.3) is 0 Å². The van der Waals surface area contributed by atoms with Gasteiger partial charge in [0.05, 0.1) is 0 Å². The summed E-state index contributed by atoms with van der Waals surface area (Å²) in [5.74, 6) is 0.942. The molecule has 1 heterocycles. The second kappa shape index (κ2) is 2.31. The predicted molar refractivity (Wildman–Crippen MR) is 39.4 cm³/mol. The summed E-state index contributed by atoms with van der Waals surface area (Å²) in [6, 6.07) is 0. The van der Waals surface area contributed by atoms with E-state index in [4.69, 9.17) is 0 Å². The van der Waals surface area contributed by atoms with Gasteiger partial charge in [-0.1, -0.05) is 6.92 Å². The summed E-state index contributed by atoms with van der Waals surface area (Å²) in [6.07, 6.45) is 1.39. The smallest absolute Gasteiger partial charge is 0.0201 e. The van der Waals surface area contributed by atoms with E-state index < -0.39 is 0 Å². The highest BCUT2D eigenvalue weighted by Crippen LogP contribution is 2.17. The molecule has 0 unspecified atom stereocenters. The molecule has 7 heavy (non-hydrogen) atoms. The summed E-state index contributed by atoms with van der Waals surface area (Å²) in [5.41, 5.74) is 0. The predicted octanol–water partition coefficient (Wildman–Crippen LogP) is 1.68. The maximum Gasteiger partial charge on any atom is 0.0201 e. The van der Waals surface area contributed by atoms with Crippen LogP contribution in [0.5, 0.6) is 0 Å². The molecule has 2 heteroatoms. The van der Waals surface area contributed by atoms with Crippen molar-refractivity contribution in [2.75, 3.05) is 13.1 Å². The minimum absolute atomic E-state index is 0.942. The van der Waals surface area contributed by atoms with Gasteiger partial charge in [-0.3, -0.25) is 0 Å². The molecule has 0 aromatic heterocycles. The Morgan fingerprint density at radius 1 is 1.71 bits per heavy atom. The van der Waals surface area contributed by atoms with Gasteiger partial charge in [-0.15, -0.1) is 0 Å². The molecule has 1 fully saturated rings. The number of rotatable bonds is 0. The fourth-order valence-corrected chi connectivity index (χ4v) is 1.83. The monoisotopic (exact) mass is 211 g/mol. The van der Waals surface area contributed by atoms with Crippen LogP contribution in [0.1, 0.15) is 13.3 Å². The van der Waals surface area contributed by atoms with Crippen molar-refractivity contribution < 1.29 is 0 Å². The Bertz CT molecular complexity index is 57.1. The number of hydrogen-bond acceptors (Lipinski definition) is 1. The summed E-state index contributed by atoms with van der Waals surface area (Å²) in [6.45, 7) is 4.89. The SMILES string of the molecule is C[C@@H]1CCN(I)C1. The zero-order valence-corrected chi connectivity index (χ0v) is 6.68. The number of halogens is 1. The molecule has 0 bridgehead atoms. The van der Waals surface area contributed by atoms with Gasteiger partial charge in [-0.2, -0.15) is 0 Å². The fraction of sp³-hybridized carbons (Fsp3) is 1.00. The molecular weight excluding hydrogens is 201 g/mol. The van der Waals surface area contributed by atoms with Gasteiger partial charge >= 0.3 is 0 Å². The Hall–Kier alpha value is 0.690. The van der Waals surface area contributed by atoms with Crippen molar-refractivity contribution in [2.24, 2.45) is 5.92 Å². The third-order valence-corrected chi connectivity index (χ3v) is 2.25. The molecule has 1 saturated heterocycles. The molecule has 0 aliphatic carbocycles. The highest BCUT2D eigenvalue weighted by molar-refractivity contribution is 14.1. The Labute approximate surface area is 58.6 Å². The van der Waals surface area contributed by atoms with Crippen LogP contribution in [0.15, 0.2) is 0 Å². The Kier molecular flexibility index (Phi) is 1.92. The second-order valence-corrected chi connectivity index (χ2v) is 3.63. The number of nitrogens with zero attached hydrogens (tertiary/aromatic N) is 1. The number of hydrogen-bond donors (Lipinski definition) is 0. The molecule has 0 aromatic carbocycles. The molecule has 0 amide bonds. The summed E-state index contributed by atoms with van der Waals surface area (Å²) in [5, 5.41) is 0. The molecule has 1 nitrogen and oxygen atoms in total. The Morgan fingerprint density at radius 3 is 2.57 bits per heavy atom. The van der Waals surface area contributed by atoms with Crippen molar-refractivity contribution in [3.05, 3.63) is 0 Å². The van der Waals surface area contributed by atoms with Crippen LogP contribution < -0.4 is 0 Å². The van der Waals surface area contributed by atoms with Gasteiger partial charge in [0.25, 0.3) is 0 Å². The molecule has 1 atom stereocenters. The molecular formula is C5H10IN. The lowest BCUT2D eigenvalue weighted by Gasteiger charge is -2.00. The lowest BCUT2D eigenvalue weighted by atomic mass is 10.2. The zero-order valence-electron chi connectivity index (χ0n) is 4.52. The maximum absolute atomic E-state index is 2.38. The van der Waals surface area contributed by atoms with Gasteiger partial charge in [0.2, 0.25) is 0 Å². The van der Waals surface area contributed by atoms with Crippen molar-refractivity contribution in [1.82, 2.24) is 3.11 Å². The van der Waals surface area contributed by atoms with E-state index in [1.165, 1.54) is 19.5 Å². The lowest BCUT2D eigenvalue weighted by Crippen LogP contribution is -2.04. The maximum atomic E-state index is 2.38. The molecule has 0 saturated carbocycles. The van der Waals surface area contributed by atoms with Crippen molar-refractivity contribution in [1.29, 1.82) is 0 Å². The van der Waals surface area contributed by atoms with Crippen LogP contribution in [0, 0.1) is 5.92 Å². The molecule has 0 spiro atoms. The third-order valence-electron chi connectivity index (χ3n) is 1.37. The summed E-state index contributed by atoms with van der Waals surface area (Å²) in [4.78, 5) is 0. The third kappa shape index (κ3) is 1.57. The van der Waals surface area contributed by atoms with Crippen molar-refractivity contribution in [2.45, 2.75) is 13.3 Å². The molecule has 1 aliphatic heterocycles. The van der Waals surface area contributed by atoms with E-state index in [1.807, 2.05) is 0 Å². The van der Waals surface area contributed by atoms with E-state index in [2.05, 4.69) is 32.9 Å². The van der Waals surface area contributed by atoms with Crippen LogP contribution in [0.4, 0.5) is 0 Å². The topological polar surface area (TPSA) is 3.24 Å². The average molecular weight is 211 g/mol. The minimum Gasteiger partial charge on any atom is -0.247 e. The van der Waals surface area contributed by atoms with E-state index in [9.17, 15) is 0 Å². The van der Waals surface area contributed by atoms with E-state index in [0.29, 0.717) is 0 Å². The molecule has 0 aromatic rings. The van der Waals surface area contributed by atoms with Crippen LogP contribution >= 0.6 is 22.9 Å². The van der Waals surface area contributed by atoms with Gasteiger partial charge in [-0.05, 0) is 12.3 Å². The largest absolute Gasteiger partial charge is 0.247 e. The van der Waals surface area contributed by atoms with E-state index in [1.54, 1.807) is 0 Å². The van der Waals surface area contributed by atoms with Gasteiger partial charge in [0.15, 0.2) is 0 Å². The first-order valence-corrected chi connectivity index (χ1v) is 3.66. The van der Waals surface area contributed by atoms with E-state index in [0.717, 1.165) is 5.92 Å². The lowest BCUT2D eigenvalue weighted by molar-refractivity contribution is 0.584. The van der Waals surface area contributed by atoms with Crippen LogP contribution in [-0.4, -0.2) is 16.2 Å². The van der Waals surface area contributed by atoms with Crippen LogP contribution in [0.2, 0.25) is 0 Å². The first-order chi connectivity index (χ1) is 3.29. The molecule has 0 N–H and O–H groups in total. The Balaban J connectivity index is 2.26. The molecule has 1 aliphatic rings. The Morgan fingerprint density at radius 2 is 2.43 bits per heavy atom. The zero-order chi connectivity index (χ0) is 5.28. The average Bonchev–Trinajstić information content (AvgIpc) is 1.87. The van der Waals surface area contributed by atoms with E-state index >= 15 is 0 Å². The fourth-order valence-electron chi connectivity index (χ4n) is 0.881. The first-order valence-electron chi connectivity index (χ1n) is 2.70. The first kappa shape index (κ1) is 5.82. The summed E-state index contributed by atoms with van der Waals surface area (Å²) in [7, 11) is 0. The van der Waals surface area contributed by atoms with Crippen molar-refractivity contribution in [3.8, 4) is 0 Å². The minimum atomic E-state index is 0.942. The highest BCUT2D eigenvalue weighted by Gasteiger charge is 2.14. The van der Waals surface area contributed by atoms with Crippen LogP contribution in [-0.2, 0) is 0 Å². The quantitative estimate of drug-likeness (QED) is 0.435. The standard InChI is InChI=1S/C5H10IN/c1-5-2-3-7(6)4-5/h5H,2-4H2,1H3/t5-/m1/s1. The molecule has 0 radical (unpaired) electrons. The van der Waals surface area contributed by atoms with Crippen molar-refractivity contribution in [3.63, 3.8) is 0 Å². The highest BCUT2D eigenvalue weighted by atomic mass is 127.